The van der Waals surface area contributed by atoms with Crippen LogP contribution in [0.1, 0.15) is 474 Å². The Bertz CT molecular complexity index is 1860. The predicted octanol–water partition coefficient (Wildman–Crippen LogP) is 34.0. The molecule has 0 radical (unpaired) electrons. The Morgan fingerprint density at radius 1 is 0.136 bits per heavy atom. The zero-order valence-electron chi connectivity index (χ0n) is 84.7. The van der Waals surface area contributed by atoms with Crippen LogP contribution in [-0.2, 0) is 0 Å². The molecule has 0 bridgehead atoms. The van der Waals surface area contributed by atoms with E-state index < -0.39 is 36.6 Å². The summed E-state index contributed by atoms with van der Waals surface area (Å²) in [6, 6.07) is 0. The molecule has 22 heteroatoms. The van der Waals surface area contributed by atoms with E-state index in [4.69, 9.17) is 18.1 Å². The molecule has 712 valence electrons. The quantitative estimate of drug-likeness (QED) is 0.0544. The summed E-state index contributed by atoms with van der Waals surface area (Å²) >= 11 is 11.9. The van der Waals surface area contributed by atoms with Crippen LogP contribution in [0.25, 0.3) is 0 Å². The summed E-state index contributed by atoms with van der Waals surface area (Å²) in [5.74, 6) is 0. The summed E-state index contributed by atoms with van der Waals surface area (Å²) in [4.78, 5) is 0. The van der Waals surface area contributed by atoms with Gasteiger partial charge in [-0.3, -0.25) is 0 Å². The van der Waals surface area contributed by atoms with Gasteiger partial charge in [-0.15, -0.1) is 0 Å². The third kappa shape index (κ3) is 40.7. The van der Waals surface area contributed by atoms with Gasteiger partial charge in [0.05, 0.1) is 0 Å². The summed E-state index contributed by atoms with van der Waals surface area (Å²) in [5.41, 5.74) is 0. The summed E-state index contributed by atoms with van der Waals surface area (Å²) in [6.07, 6.45) is 53.2. The molecule has 0 aliphatic rings. The minimum atomic E-state index is -5.99. The molecule has 0 unspecified atom stereocenters. The van der Waals surface area contributed by atoms with Crippen LogP contribution in [0.2, 0.25) is 0 Å². The molecule has 0 aromatic carbocycles. The van der Waals surface area contributed by atoms with Crippen LogP contribution >= 0.6 is 47.8 Å². The third-order valence-corrected chi connectivity index (χ3v) is 49.2. The van der Waals surface area contributed by atoms with E-state index in [-0.39, 0.29) is 0 Å². The summed E-state index contributed by atoms with van der Waals surface area (Å²) in [6.45, 7) is 76.9. The summed E-state index contributed by atoms with van der Waals surface area (Å²) in [5, 5.41) is 0. The third-order valence-electron chi connectivity index (χ3n) is 24.1. The van der Waals surface area contributed by atoms with E-state index in [9.17, 15) is 11.2 Å². The van der Waals surface area contributed by atoms with Gasteiger partial charge in [0.25, 0.3) is 0 Å². The Balaban J connectivity index is 16.2. The first-order valence-corrected chi connectivity index (χ1v) is 62.1. The fraction of sp³-hybridized carbons (Fsp3) is 1.00. The number of hydrogen-bond donors (Lipinski definition) is 0. The molecule has 0 saturated heterocycles. The molecule has 0 spiro atoms. The van der Waals surface area contributed by atoms with Crippen LogP contribution in [-0.4, -0.2) is 213 Å². The summed E-state index contributed by atoms with van der Waals surface area (Å²) < 4.78 is 71.8. The van der Waals surface area contributed by atoms with Crippen molar-refractivity contribution in [2.24, 2.45) is 18.1 Å². The van der Waals surface area contributed by atoms with Crippen LogP contribution in [0.15, 0.2) is 18.1 Å². The maximum atomic E-state index is 11.9. The molecule has 0 aliphatic carbocycles. The van der Waals surface area contributed by atoms with E-state index in [0.29, 0.717) is 0 Å². The number of unbranched alkanes of at least 4 members (excludes halogenated alkanes) is 24. The van der Waals surface area contributed by atoms with Crippen molar-refractivity contribution < 1.29 is 0 Å². The Labute approximate surface area is 748 Å². The maximum absolute atomic E-state index is 11.9. The molecule has 16 nitrogen and oxygen atoms in total. The normalized spacial score (nSPS) is 13.4. The van der Waals surface area contributed by atoms with Crippen molar-refractivity contribution in [3.8, 4) is 0 Å². The summed E-state index contributed by atoms with van der Waals surface area (Å²) in [7, 11) is -13.8. The number of halogens is 1. The van der Waals surface area contributed by atoms with Crippen molar-refractivity contribution in [2.45, 2.75) is 474 Å². The molecule has 0 N–H and O–H groups in total. The van der Waals surface area contributed by atoms with Crippen molar-refractivity contribution >= 4 is 47.8 Å². The minimum absolute atomic E-state index is 0.966. The molecule has 0 saturated carbocycles. The monoisotopic (exact) mass is 1780 g/mol. The van der Waals surface area contributed by atoms with E-state index in [1.807, 2.05) is 0 Å². The van der Waals surface area contributed by atoms with E-state index in [0.717, 1.165) is 465 Å². The SMILES string of the molecule is CCCCN(CCCC)P(=NP(Cl)(N=P(N(CCCC)CCCC)(N(CCCC)CCCC)N(CCCC)CCCC)(N=P(N(CCCC)CCCC)(N(CCCC)CCCC)N(CCCC)CCCC)N=P(N(CCCC)CCCC)(N(CCCC)CCCC)N(CCCC)CCCC)(N(CCCC)CCCC)N(CCCC)CCCC. The molecular formula is C96H216ClN16P5. The van der Waals surface area contributed by atoms with Crippen molar-refractivity contribution in [3.63, 3.8) is 0 Å². The molecule has 0 fully saturated rings. The second-order valence-electron chi connectivity index (χ2n) is 35.3. The van der Waals surface area contributed by atoms with Crippen LogP contribution in [0.4, 0.5) is 0 Å². The Hall–Kier alpha value is 1.16. The van der Waals surface area contributed by atoms with Gasteiger partial charge < -0.3 is 0 Å². The van der Waals surface area contributed by atoms with Crippen LogP contribution in [0, 0.1) is 0 Å². The second-order valence-corrected chi connectivity index (χ2v) is 52.7. The zero-order valence-corrected chi connectivity index (χ0v) is 89.9. The van der Waals surface area contributed by atoms with Gasteiger partial charge in [-0.2, -0.15) is 0 Å². The van der Waals surface area contributed by atoms with Gasteiger partial charge in [-0.25, -0.2) is 0 Å². The predicted molar refractivity (Wildman–Crippen MR) is 547 cm³/mol. The van der Waals surface area contributed by atoms with Crippen molar-refractivity contribution in [1.82, 2.24) is 56.0 Å². The van der Waals surface area contributed by atoms with Gasteiger partial charge in [0.1, 0.15) is 0 Å². The zero-order chi connectivity index (χ0) is 88.1. The van der Waals surface area contributed by atoms with Gasteiger partial charge in [-0.05, 0) is 0 Å². The van der Waals surface area contributed by atoms with E-state index >= 15 is 0 Å². The van der Waals surface area contributed by atoms with Gasteiger partial charge in [0.2, 0.25) is 0 Å². The van der Waals surface area contributed by atoms with Gasteiger partial charge in [-0.1, -0.05) is 0 Å². The number of hydrogen-bond acceptors (Lipinski definition) is 4. The first-order chi connectivity index (χ1) is 57.4. The molecule has 0 amide bonds. The van der Waals surface area contributed by atoms with Crippen LogP contribution in [0.5, 0.6) is 0 Å². The first-order valence-electron chi connectivity index (χ1n) is 52.7. The van der Waals surface area contributed by atoms with E-state index in [1.165, 1.54) is 0 Å². The second kappa shape index (κ2) is 74.9. The average Bonchev–Trinajstić information content (AvgIpc) is 0.682. The molecule has 0 heterocycles. The molecule has 0 aromatic rings. The van der Waals surface area contributed by atoms with Crippen LogP contribution in [0.3, 0.4) is 0 Å². The van der Waals surface area contributed by atoms with E-state index in [1.54, 1.807) is 0 Å². The Morgan fingerprint density at radius 3 is 0.246 bits per heavy atom. The molecule has 118 heavy (non-hydrogen) atoms. The molecule has 0 aliphatic heterocycles. The van der Waals surface area contributed by atoms with E-state index in [2.05, 4.69) is 222 Å². The fourth-order valence-electron chi connectivity index (χ4n) is 16.5. The fourth-order valence-corrected chi connectivity index (χ4v) is 48.7. The Kier molecular flexibility index (Phi) is 75.6. The van der Waals surface area contributed by atoms with Crippen molar-refractivity contribution in [3.05, 3.63) is 0 Å². The molecule has 0 aromatic heterocycles. The van der Waals surface area contributed by atoms with Crippen molar-refractivity contribution in [1.29, 1.82) is 0 Å². The number of rotatable bonds is 88. The van der Waals surface area contributed by atoms with Gasteiger partial charge in [0, 0.05) is 0 Å². The molecule has 0 rings (SSSR count). The number of nitrogens with zero attached hydrogens (tertiary/aromatic N) is 16. The topological polar surface area (TPSA) is 88.3 Å². The van der Waals surface area contributed by atoms with Crippen LogP contribution < -0.4 is 0 Å². The standard InChI is InChI=1S/C96H216ClN16P5/c1-25-49-73-102(74-50-26-2)114(103(75-51-27-3)76-52-28-4,104(77-53-29-5)78-54-30-6)98-118(97,99-115(105(79-55-31-7)80-56-32-8,106(81-57-33-9)82-58-34-10)107(83-59-35-11)84-60-36-12,100-116(108(85-61-37-13)86-62-38-14,109(87-63-39-15)88-64-40-16)110(89-65-41-17)90-66-42-18)101-117(111(91-67-43-19)92-68-44-20,112(93-69-45-21)94-70-46-22)113(95-71-47-23)96-72-48-24/h25-96H2,1-24H3. The van der Waals surface area contributed by atoms with Gasteiger partial charge >= 0.3 is 753 Å². The Morgan fingerprint density at radius 2 is 0.195 bits per heavy atom. The van der Waals surface area contributed by atoms with Gasteiger partial charge in [0.15, 0.2) is 0 Å². The molecule has 0 atom stereocenters. The first kappa shape index (κ1) is 119. The molecular weight excluding hydrogens is 1570 g/mol. The van der Waals surface area contributed by atoms with Crippen molar-refractivity contribution in [2.75, 3.05) is 157 Å². The average molecular weight is 1790 g/mol.